The van der Waals surface area contributed by atoms with Crippen molar-refractivity contribution in [2.45, 2.75) is 12.5 Å². The highest BCUT2D eigenvalue weighted by molar-refractivity contribution is 5.95. The Kier molecular flexibility index (Phi) is 6.07. The zero-order chi connectivity index (χ0) is 19.4. The molecule has 0 spiro atoms. The first-order valence-corrected chi connectivity index (χ1v) is 8.39. The number of nitrogens with one attached hydrogen (secondary N) is 1. The molecule has 2 rings (SSSR count). The van der Waals surface area contributed by atoms with Gasteiger partial charge in [0.2, 0.25) is 11.8 Å². The molecule has 1 heterocycles. The number of anilines is 1. The minimum Gasteiger partial charge on any atom is -0.489 e. The van der Waals surface area contributed by atoms with Gasteiger partial charge in [0.15, 0.2) is 0 Å². The minimum absolute atomic E-state index is 0.0266. The molecule has 0 unspecified atom stereocenters. The molecular formula is C18H26N4O4. The molecule has 1 aromatic carbocycles. The molecule has 26 heavy (non-hydrogen) atoms. The lowest BCUT2D eigenvalue weighted by Crippen LogP contribution is -2.45. The van der Waals surface area contributed by atoms with E-state index in [1.54, 1.807) is 46.4 Å². The van der Waals surface area contributed by atoms with Gasteiger partial charge in [0.25, 0.3) is 5.91 Å². The van der Waals surface area contributed by atoms with Gasteiger partial charge >= 0.3 is 0 Å². The predicted octanol–water partition coefficient (Wildman–Crippen LogP) is 0.180. The highest BCUT2D eigenvalue weighted by atomic mass is 16.5. The van der Waals surface area contributed by atoms with Crippen LogP contribution in [0.4, 0.5) is 5.69 Å². The van der Waals surface area contributed by atoms with Crippen LogP contribution in [0.25, 0.3) is 0 Å². The Balaban J connectivity index is 2.05. The van der Waals surface area contributed by atoms with Gasteiger partial charge in [-0.3, -0.25) is 14.4 Å². The van der Waals surface area contributed by atoms with Gasteiger partial charge in [-0.1, -0.05) is 0 Å². The fourth-order valence-corrected chi connectivity index (χ4v) is 2.62. The first-order valence-electron chi connectivity index (χ1n) is 8.39. The van der Waals surface area contributed by atoms with E-state index in [0.717, 1.165) is 5.69 Å². The first-order chi connectivity index (χ1) is 12.2. The Morgan fingerprint density at radius 3 is 2.50 bits per heavy atom. The Hall–Kier alpha value is -2.77. The van der Waals surface area contributed by atoms with Crippen molar-refractivity contribution in [2.24, 2.45) is 0 Å². The first kappa shape index (κ1) is 19.6. The van der Waals surface area contributed by atoms with Crippen LogP contribution in [-0.2, 0) is 9.59 Å². The highest BCUT2D eigenvalue weighted by Gasteiger charge is 2.28. The zero-order valence-electron chi connectivity index (χ0n) is 15.9. The molecule has 8 nitrogen and oxygen atoms in total. The van der Waals surface area contributed by atoms with Gasteiger partial charge in [-0.2, -0.15) is 0 Å². The standard InChI is InChI=1S/C18H26N4O4/c1-20(2)17(24)10-19-16(23)9-13-11-26-15-7-6-12(18(25)21(3)4)8-14(15)22(13)5/h6-8,13H,9-11H2,1-5H3,(H,19,23)/t13-/m0/s1. The summed E-state index contributed by atoms with van der Waals surface area (Å²) in [5.74, 6) is 0.207. The fourth-order valence-electron chi connectivity index (χ4n) is 2.62. The smallest absolute Gasteiger partial charge is 0.253 e. The zero-order valence-corrected chi connectivity index (χ0v) is 15.9. The van der Waals surface area contributed by atoms with Gasteiger partial charge in [0, 0.05) is 40.8 Å². The molecule has 142 valence electrons. The molecule has 0 saturated carbocycles. The summed E-state index contributed by atoms with van der Waals surface area (Å²) in [4.78, 5) is 40.7. The summed E-state index contributed by atoms with van der Waals surface area (Å²) in [7, 11) is 8.55. The van der Waals surface area contributed by atoms with E-state index < -0.39 is 0 Å². The molecule has 8 heteroatoms. The molecular weight excluding hydrogens is 336 g/mol. The maximum atomic E-state index is 12.2. The van der Waals surface area contributed by atoms with Gasteiger partial charge in [-0.15, -0.1) is 0 Å². The van der Waals surface area contributed by atoms with Crippen molar-refractivity contribution < 1.29 is 19.1 Å². The van der Waals surface area contributed by atoms with Crippen molar-refractivity contribution in [1.29, 1.82) is 0 Å². The number of nitrogens with zero attached hydrogens (tertiary/aromatic N) is 3. The van der Waals surface area contributed by atoms with Crippen LogP contribution in [0.3, 0.4) is 0 Å². The van der Waals surface area contributed by atoms with Gasteiger partial charge in [0.05, 0.1) is 24.7 Å². The van der Waals surface area contributed by atoms with E-state index >= 15 is 0 Å². The fraction of sp³-hybridized carbons (Fsp3) is 0.500. The van der Waals surface area contributed by atoms with E-state index in [4.69, 9.17) is 4.74 Å². The number of likely N-dealkylation sites (N-methyl/N-ethyl adjacent to an activating group) is 2. The Bertz CT molecular complexity index is 702. The van der Waals surface area contributed by atoms with Crippen LogP contribution in [0.15, 0.2) is 18.2 Å². The second kappa shape index (κ2) is 8.07. The SMILES string of the molecule is CN(C)C(=O)CNC(=O)C[C@H]1COc2ccc(C(=O)N(C)C)cc2N1C. The molecule has 0 aliphatic carbocycles. The van der Waals surface area contributed by atoms with Gasteiger partial charge < -0.3 is 24.8 Å². The van der Waals surface area contributed by atoms with Gasteiger partial charge in [-0.25, -0.2) is 0 Å². The topological polar surface area (TPSA) is 82.2 Å². The third-order valence-corrected chi connectivity index (χ3v) is 4.33. The molecule has 1 N–H and O–H groups in total. The molecule has 0 aromatic heterocycles. The lowest BCUT2D eigenvalue weighted by atomic mass is 10.1. The van der Waals surface area contributed by atoms with Crippen molar-refractivity contribution in [2.75, 3.05) is 53.3 Å². The molecule has 0 radical (unpaired) electrons. The lowest BCUT2D eigenvalue weighted by Gasteiger charge is -2.35. The van der Waals surface area contributed by atoms with E-state index in [2.05, 4.69) is 5.32 Å². The maximum Gasteiger partial charge on any atom is 0.253 e. The number of carbonyl (C=O) groups excluding carboxylic acids is 3. The number of fused-ring (bicyclic) bond motifs is 1. The van der Waals surface area contributed by atoms with Crippen molar-refractivity contribution in [3.63, 3.8) is 0 Å². The second-order valence-corrected chi connectivity index (χ2v) is 6.73. The average Bonchev–Trinajstić information content (AvgIpc) is 2.61. The molecule has 1 aromatic rings. The Morgan fingerprint density at radius 2 is 1.88 bits per heavy atom. The molecule has 3 amide bonds. The summed E-state index contributed by atoms with van der Waals surface area (Å²) in [5, 5.41) is 2.63. The molecule has 1 aliphatic heterocycles. The quantitative estimate of drug-likeness (QED) is 0.808. The van der Waals surface area contributed by atoms with Crippen LogP contribution in [0.5, 0.6) is 5.75 Å². The van der Waals surface area contributed by atoms with Crippen molar-refractivity contribution in [3.8, 4) is 5.75 Å². The summed E-state index contributed by atoms with van der Waals surface area (Å²) in [6.45, 7) is 0.334. The van der Waals surface area contributed by atoms with Crippen LogP contribution < -0.4 is 15.0 Å². The number of hydrogen-bond donors (Lipinski definition) is 1. The number of carbonyl (C=O) groups is 3. The third kappa shape index (κ3) is 4.44. The predicted molar refractivity (Wildman–Crippen MR) is 98.5 cm³/mol. The molecule has 1 aliphatic rings. The average molecular weight is 362 g/mol. The van der Waals surface area contributed by atoms with E-state index in [-0.39, 0.29) is 36.7 Å². The number of benzene rings is 1. The summed E-state index contributed by atoms with van der Waals surface area (Å²) in [6.07, 6.45) is 0.197. The van der Waals surface area contributed by atoms with Gasteiger partial charge in [-0.05, 0) is 18.2 Å². The molecule has 0 fully saturated rings. The number of amides is 3. The lowest BCUT2D eigenvalue weighted by molar-refractivity contribution is -0.131. The number of hydrogen-bond acceptors (Lipinski definition) is 5. The van der Waals surface area contributed by atoms with Gasteiger partial charge in [0.1, 0.15) is 12.4 Å². The summed E-state index contributed by atoms with van der Waals surface area (Å²) < 4.78 is 5.74. The largest absolute Gasteiger partial charge is 0.489 e. The van der Waals surface area contributed by atoms with E-state index in [0.29, 0.717) is 17.9 Å². The van der Waals surface area contributed by atoms with Crippen LogP contribution in [0.1, 0.15) is 16.8 Å². The van der Waals surface area contributed by atoms with Crippen molar-refractivity contribution >= 4 is 23.4 Å². The Morgan fingerprint density at radius 1 is 1.19 bits per heavy atom. The number of ether oxygens (including phenoxy) is 1. The maximum absolute atomic E-state index is 12.2. The third-order valence-electron chi connectivity index (χ3n) is 4.33. The molecule has 0 bridgehead atoms. The van der Waals surface area contributed by atoms with Crippen molar-refractivity contribution in [3.05, 3.63) is 23.8 Å². The van der Waals surface area contributed by atoms with Crippen LogP contribution in [0, 0.1) is 0 Å². The van der Waals surface area contributed by atoms with E-state index in [1.807, 2.05) is 11.9 Å². The highest BCUT2D eigenvalue weighted by Crippen LogP contribution is 2.34. The summed E-state index contributed by atoms with van der Waals surface area (Å²) >= 11 is 0. The molecule has 1 atom stereocenters. The van der Waals surface area contributed by atoms with Crippen molar-refractivity contribution in [1.82, 2.24) is 15.1 Å². The normalized spacial score (nSPS) is 15.6. The second-order valence-electron chi connectivity index (χ2n) is 6.73. The molecule has 0 saturated heterocycles. The summed E-state index contributed by atoms with van der Waals surface area (Å²) in [5.41, 5.74) is 1.33. The Labute approximate surface area is 153 Å². The monoisotopic (exact) mass is 362 g/mol. The van der Waals surface area contributed by atoms with Crippen LogP contribution in [-0.4, -0.2) is 82.0 Å². The van der Waals surface area contributed by atoms with E-state index in [9.17, 15) is 14.4 Å². The minimum atomic E-state index is -0.218. The van der Waals surface area contributed by atoms with Crippen LogP contribution in [0.2, 0.25) is 0 Å². The summed E-state index contributed by atoms with van der Waals surface area (Å²) in [6, 6.07) is 5.10. The van der Waals surface area contributed by atoms with E-state index in [1.165, 1.54) is 9.80 Å². The number of rotatable bonds is 5. The van der Waals surface area contributed by atoms with Crippen LogP contribution >= 0.6 is 0 Å².